The van der Waals surface area contributed by atoms with Crippen LogP contribution in [0.4, 0.5) is 0 Å². The zero-order chi connectivity index (χ0) is 19.7. The fourth-order valence-electron chi connectivity index (χ4n) is 3.51. The summed E-state index contributed by atoms with van der Waals surface area (Å²) in [5, 5.41) is 28.7. The third-order valence-electron chi connectivity index (χ3n) is 5.31. The van der Waals surface area contributed by atoms with Crippen molar-refractivity contribution in [1.82, 2.24) is 0 Å². The second-order valence-electron chi connectivity index (χ2n) is 7.76. The average Bonchev–Trinajstić information content (AvgIpc) is 3.00. The van der Waals surface area contributed by atoms with Crippen LogP contribution in [0.2, 0.25) is 0 Å². The monoisotopic (exact) mass is 386 g/mol. The van der Waals surface area contributed by atoms with Crippen LogP contribution in [-0.2, 0) is 9.47 Å². The summed E-state index contributed by atoms with van der Waals surface area (Å²) in [6.45, 7) is 2.09. The van der Waals surface area contributed by atoms with Gasteiger partial charge < -0.3 is 24.8 Å². The van der Waals surface area contributed by atoms with Gasteiger partial charge in [-0.15, -0.1) is 0 Å². The molecule has 0 aromatic carbocycles. The second-order valence-corrected chi connectivity index (χ2v) is 7.76. The van der Waals surface area contributed by atoms with E-state index in [0.29, 0.717) is 0 Å². The molecule has 1 saturated heterocycles. The molecular weight excluding hydrogens is 344 g/mol. The number of allylic oxidation sites excluding steroid dienone is 1. The van der Waals surface area contributed by atoms with E-state index in [1.54, 1.807) is 6.26 Å². The third-order valence-corrected chi connectivity index (χ3v) is 5.31. The average molecular weight is 387 g/mol. The molecule has 1 aliphatic rings. The van der Waals surface area contributed by atoms with E-state index in [9.17, 15) is 15.3 Å². The van der Waals surface area contributed by atoms with Gasteiger partial charge in [0.2, 0.25) is 0 Å². The minimum Gasteiger partial charge on any atom is -0.493 e. The van der Waals surface area contributed by atoms with Crippen LogP contribution in [-0.4, -0.2) is 52.9 Å². The zero-order valence-electron chi connectivity index (χ0n) is 17.2. The minimum absolute atomic E-state index is 0.0776. The summed E-state index contributed by atoms with van der Waals surface area (Å²) in [7, 11) is 0. The highest BCUT2D eigenvalue weighted by Crippen LogP contribution is 2.20. The largest absolute Gasteiger partial charge is 0.493 e. The number of rotatable bonds is 17. The second kappa shape index (κ2) is 16.3. The van der Waals surface area contributed by atoms with E-state index < -0.39 is 24.4 Å². The number of ether oxygens (including phenoxy) is 2. The summed E-state index contributed by atoms with van der Waals surface area (Å²) in [5.74, 6) is 0. The fraction of sp³-hybridized carbons (Fsp3) is 0.909. The van der Waals surface area contributed by atoms with E-state index >= 15 is 0 Å². The maximum atomic E-state index is 9.79. The highest BCUT2D eigenvalue weighted by molar-refractivity contribution is 4.90. The van der Waals surface area contributed by atoms with Crippen molar-refractivity contribution < 1.29 is 24.8 Å². The Labute approximate surface area is 165 Å². The molecular formula is C22H42O5. The molecule has 0 radical (unpaired) electrons. The molecule has 0 amide bonds. The van der Waals surface area contributed by atoms with Crippen LogP contribution < -0.4 is 0 Å². The van der Waals surface area contributed by atoms with Crippen molar-refractivity contribution in [3.8, 4) is 0 Å². The van der Waals surface area contributed by atoms with Crippen LogP contribution in [0.3, 0.4) is 0 Å². The summed E-state index contributed by atoms with van der Waals surface area (Å²) in [5.41, 5.74) is 0. The molecule has 0 unspecified atom stereocenters. The predicted molar refractivity (Wildman–Crippen MR) is 109 cm³/mol. The van der Waals surface area contributed by atoms with E-state index in [-0.39, 0.29) is 13.2 Å². The number of hydrogen-bond donors (Lipinski definition) is 3. The van der Waals surface area contributed by atoms with Gasteiger partial charge in [0.1, 0.15) is 24.4 Å². The highest BCUT2D eigenvalue weighted by atomic mass is 16.6. The van der Waals surface area contributed by atoms with Gasteiger partial charge in [-0.05, 0) is 18.9 Å². The molecule has 160 valence electrons. The molecule has 4 atom stereocenters. The molecule has 3 N–H and O–H groups in total. The van der Waals surface area contributed by atoms with Crippen molar-refractivity contribution in [2.24, 2.45) is 0 Å². The van der Waals surface area contributed by atoms with Gasteiger partial charge in [0.05, 0.1) is 19.5 Å². The summed E-state index contributed by atoms with van der Waals surface area (Å²) in [6, 6.07) is 0. The van der Waals surface area contributed by atoms with Crippen LogP contribution in [0, 0.1) is 0 Å². The molecule has 0 saturated carbocycles. The molecule has 0 aromatic rings. The minimum atomic E-state index is -1.01. The third kappa shape index (κ3) is 11.1. The lowest BCUT2D eigenvalue weighted by Gasteiger charge is -2.23. The Bertz CT molecular complexity index is 361. The first-order valence-corrected chi connectivity index (χ1v) is 11.1. The number of hydrogen-bond acceptors (Lipinski definition) is 5. The van der Waals surface area contributed by atoms with E-state index in [1.807, 2.05) is 6.08 Å². The van der Waals surface area contributed by atoms with Gasteiger partial charge in [-0.1, -0.05) is 77.6 Å². The van der Waals surface area contributed by atoms with Crippen molar-refractivity contribution in [3.05, 3.63) is 12.3 Å². The SMILES string of the molecule is CCCCCCCCCCCCCC/C=C/O[C@@H](CO)[C@@H]1OC[C@@H](O)[C@@H]1O. The van der Waals surface area contributed by atoms with Gasteiger partial charge in [0.15, 0.2) is 0 Å². The lowest BCUT2D eigenvalue weighted by Crippen LogP contribution is -2.41. The van der Waals surface area contributed by atoms with Crippen molar-refractivity contribution in [1.29, 1.82) is 0 Å². The topological polar surface area (TPSA) is 79.2 Å². The number of unbranched alkanes of at least 4 members (excludes halogenated alkanes) is 12. The maximum Gasteiger partial charge on any atom is 0.149 e. The number of aliphatic hydroxyl groups excluding tert-OH is 3. The Morgan fingerprint density at radius 2 is 1.48 bits per heavy atom. The standard InChI is InChI=1S/C22H42O5/c1-2-3-4-5-6-7-8-9-10-11-12-13-14-15-16-26-20(17-23)22-21(25)19(24)18-27-22/h15-16,19-25H,2-14,17-18H2,1H3/b16-15+/t19-,20+,21+,22+/m1/s1. The normalized spacial score (nSPS) is 23.9. The Hall–Kier alpha value is -0.620. The first-order chi connectivity index (χ1) is 13.2. The summed E-state index contributed by atoms with van der Waals surface area (Å²) < 4.78 is 10.8. The Kier molecular flexibility index (Phi) is 14.8. The van der Waals surface area contributed by atoms with Gasteiger partial charge in [-0.3, -0.25) is 0 Å². The van der Waals surface area contributed by atoms with Crippen molar-refractivity contribution in [2.75, 3.05) is 13.2 Å². The predicted octanol–water partition coefficient (Wildman–Crippen LogP) is 4.09. The van der Waals surface area contributed by atoms with E-state index in [2.05, 4.69) is 6.92 Å². The Morgan fingerprint density at radius 1 is 0.926 bits per heavy atom. The molecule has 1 fully saturated rings. The first kappa shape index (κ1) is 24.4. The molecule has 0 aliphatic carbocycles. The molecule has 1 heterocycles. The summed E-state index contributed by atoms with van der Waals surface area (Å²) in [6.07, 6.45) is 17.3. The molecule has 1 rings (SSSR count). The molecule has 5 heteroatoms. The lowest BCUT2D eigenvalue weighted by atomic mass is 10.0. The summed E-state index contributed by atoms with van der Waals surface area (Å²) >= 11 is 0. The van der Waals surface area contributed by atoms with Gasteiger partial charge in [0.25, 0.3) is 0 Å². The van der Waals surface area contributed by atoms with Crippen LogP contribution in [0.25, 0.3) is 0 Å². The van der Waals surface area contributed by atoms with Crippen LogP contribution in [0.15, 0.2) is 12.3 Å². The maximum absolute atomic E-state index is 9.79. The summed E-state index contributed by atoms with van der Waals surface area (Å²) in [4.78, 5) is 0. The smallest absolute Gasteiger partial charge is 0.149 e. The number of aliphatic hydroxyl groups is 3. The molecule has 5 nitrogen and oxygen atoms in total. The Morgan fingerprint density at radius 3 is 1.96 bits per heavy atom. The van der Waals surface area contributed by atoms with Crippen LogP contribution >= 0.6 is 0 Å². The highest BCUT2D eigenvalue weighted by Gasteiger charge is 2.40. The molecule has 27 heavy (non-hydrogen) atoms. The Balaban J connectivity index is 1.91. The molecule has 0 bridgehead atoms. The van der Waals surface area contributed by atoms with Crippen LogP contribution in [0.5, 0.6) is 0 Å². The molecule has 1 aliphatic heterocycles. The van der Waals surface area contributed by atoms with E-state index in [0.717, 1.165) is 12.8 Å². The zero-order valence-corrected chi connectivity index (χ0v) is 17.2. The van der Waals surface area contributed by atoms with E-state index in [4.69, 9.17) is 9.47 Å². The molecule has 0 spiro atoms. The van der Waals surface area contributed by atoms with Crippen molar-refractivity contribution >= 4 is 0 Å². The first-order valence-electron chi connectivity index (χ1n) is 11.1. The molecule has 0 aromatic heterocycles. The lowest BCUT2D eigenvalue weighted by molar-refractivity contribution is -0.0737. The van der Waals surface area contributed by atoms with Gasteiger partial charge >= 0.3 is 0 Å². The fourth-order valence-corrected chi connectivity index (χ4v) is 3.51. The van der Waals surface area contributed by atoms with E-state index in [1.165, 1.54) is 70.6 Å². The van der Waals surface area contributed by atoms with Gasteiger partial charge in [-0.25, -0.2) is 0 Å². The quantitative estimate of drug-likeness (QED) is 0.259. The van der Waals surface area contributed by atoms with Crippen molar-refractivity contribution in [3.63, 3.8) is 0 Å². The van der Waals surface area contributed by atoms with Crippen LogP contribution in [0.1, 0.15) is 90.4 Å². The van der Waals surface area contributed by atoms with Gasteiger partial charge in [0, 0.05) is 0 Å². The van der Waals surface area contributed by atoms with Gasteiger partial charge in [-0.2, -0.15) is 0 Å². The van der Waals surface area contributed by atoms with Crippen molar-refractivity contribution in [2.45, 2.75) is 115 Å².